The third-order valence-electron chi connectivity index (χ3n) is 4.15. The van der Waals surface area contributed by atoms with E-state index in [9.17, 15) is 4.79 Å². The summed E-state index contributed by atoms with van der Waals surface area (Å²) >= 11 is 12.6. The van der Waals surface area contributed by atoms with Crippen molar-refractivity contribution in [2.45, 2.75) is 0 Å². The van der Waals surface area contributed by atoms with E-state index in [1.807, 2.05) is 24.3 Å². The number of rotatable bonds is 4. The number of hydrogen-bond acceptors (Lipinski definition) is 5. The topological polar surface area (TPSA) is 42.7 Å². The Morgan fingerprint density at radius 3 is 2.46 bits per heavy atom. The van der Waals surface area contributed by atoms with Crippen LogP contribution in [-0.4, -0.2) is 17.3 Å². The van der Waals surface area contributed by atoms with Crippen LogP contribution in [0.25, 0.3) is 17.4 Å². The molecule has 1 aliphatic heterocycles. The zero-order valence-corrected chi connectivity index (χ0v) is 17.1. The quantitative estimate of drug-likeness (QED) is 0.376. The van der Waals surface area contributed by atoms with E-state index in [0.717, 1.165) is 11.3 Å². The first kappa shape index (κ1) is 18.8. The third kappa shape index (κ3) is 3.71. The van der Waals surface area contributed by atoms with Crippen LogP contribution < -0.4 is 9.64 Å². The normalized spacial score (nSPS) is 15.5. The summed E-state index contributed by atoms with van der Waals surface area (Å²) < 4.78 is 11.5. The number of carbonyl (C=O) groups is 1. The van der Waals surface area contributed by atoms with Gasteiger partial charge in [-0.3, -0.25) is 9.69 Å². The van der Waals surface area contributed by atoms with Crippen LogP contribution in [0.15, 0.2) is 70.0 Å². The molecule has 1 amide bonds. The van der Waals surface area contributed by atoms with E-state index in [0.29, 0.717) is 31.5 Å². The molecule has 2 aromatic carbocycles. The first-order valence-electron chi connectivity index (χ1n) is 8.33. The lowest BCUT2D eigenvalue weighted by Crippen LogP contribution is -2.27. The lowest BCUT2D eigenvalue weighted by atomic mass is 10.2. The Labute approximate surface area is 176 Å². The molecule has 0 unspecified atom stereocenters. The number of thiocarbonyl (C=S) groups is 1. The highest BCUT2D eigenvalue weighted by atomic mass is 35.5. The van der Waals surface area contributed by atoms with Crippen molar-refractivity contribution in [1.82, 2.24) is 0 Å². The van der Waals surface area contributed by atoms with Gasteiger partial charge in [-0.2, -0.15) is 0 Å². The minimum atomic E-state index is -0.176. The first-order valence-corrected chi connectivity index (χ1v) is 9.93. The summed E-state index contributed by atoms with van der Waals surface area (Å²) in [5.41, 5.74) is 1.61. The van der Waals surface area contributed by atoms with Gasteiger partial charge in [0.1, 0.15) is 17.3 Å². The lowest BCUT2D eigenvalue weighted by Gasteiger charge is -2.14. The van der Waals surface area contributed by atoms with Crippen LogP contribution in [-0.2, 0) is 4.79 Å². The number of halogens is 1. The van der Waals surface area contributed by atoms with Gasteiger partial charge in [-0.15, -0.1) is 0 Å². The Morgan fingerprint density at radius 2 is 1.79 bits per heavy atom. The van der Waals surface area contributed by atoms with Crippen molar-refractivity contribution >= 4 is 57.6 Å². The highest BCUT2D eigenvalue weighted by Gasteiger charge is 2.33. The van der Waals surface area contributed by atoms with Gasteiger partial charge in [0, 0.05) is 16.7 Å². The Hall–Kier alpha value is -2.54. The van der Waals surface area contributed by atoms with Crippen molar-refractivity contribution in [3.63, 3.8) is 0 Å². The molecule has 1 fully saturated rings. The van der Waals surface area contributed by atoms with Crippen molar-refractivity contribution < 1.29 is 13.9 Å². The minimum Gasteiger partial charge on any atom is -0.497 e. The maximum absolute atomic E-state index is 12.9. The molecule has 1 aromatic heterocycles. The van der Waals surface area contributed by atoms with Gasteiger partial charge in [0.2, 0.25) is 0 Å². The van der Waals surface area contributed by atoms with E-state index in [2.05, 4.69) is 0 Å². The van der Waals surface area contributed by atoms with Crippen LogP contribution in [0.3, 0.4) is 0 Å². The molecular weight excluding hydrogens is 414 g/mol. The van der Waals surface area contributed by atoms with Crippen LogP contribution in [0.5, 0.6) is 5.75 Å². The van der Waals surface area contributed by atoms with Crippen LogP contribution >= 0.6 is 35.6 Å². The number of benzene rings is 2. The number of anilines is 1. The van der Waals surface area contributed by atoms with E-state index < -0.39 is 0 Å². The van der Waals surface area contributed by atoms with E-state index in [1.54, 1.807) is 49.6 Å². The number of methoxy groups -OCH3 is 1. The second-order valence-corrected chi connectivity index (χ2v) is 8.04. The minimum absolute atomic E-state index is 0.176. The van der Waals surface area contributed by atoms with Gasteiger partial charge >= 0.3 is 0 Å². The van der Waals surface area contributed by atoms with E-state index in [-0.39, 0.29) is 5.91 Å². The van der Waals surface area contributed by atoms with Gasteiger partial charge in [0.05, 0.1) is 17.7 Å². The van der Waals surface area contributed by atoms with Crippen LogP contribution in [0.4, 0.5) is 5.69 Å². The fraction of sp³-hybridized carbons (Fsp3) is 0.0476. The molecule has 0 spiro atoms. The summed E-state index contributed by atoms with van der Waals surface area (Å²) in [4.78, 5) is 14.9. The molecule has 140 valence electrons. The molecule has 0 bridgehead atoms. The van der Waals surface area contributed by atoms with Gasteiger partial charge in [-0.1, -0.05) is 35.6 Å². The van der Waals surface area contributed by atoms with Crippen molar-refractivity contribution in [2.75, 3.05) is 12.0 Å². The molecule has 4 rings (SSSR count). The van der Waals surface area contributed by atoms with Crippen molar-refractivity contribution in [3.05, 3.63) is 76.4 Å². The number of nitrogens with zero attached hydrogens (tertiary/aromatic N) is 1. The molecule has 0 saturated carbocycles. The fourth-order valence-corrected chi connectivity index (χ4v) is 4.16. The summed E-state index contributed by atoms with van der Waals surface area (Å²) in [7, 11) is 1.60. The summed E-state index contributed by atoms with van der Waals surface area (Å²) in [6.07, 6.45) is 1.71. The van der Waals surface area contributed by atoms with E-state index in [4.69, 9.17) is 33.0 Å². The Bertz CT molecular complexity index is 1070. The average Bonchev–Trinajstić information content (AvgIpc) is 3.27. The second-order valence-electron chi connectivity index (χ2n) is 5.92. The summed E-state index contributed by atoms with van der Waals surface area (Å²) in [6.45, 7) is 0. The Balaban J connectivity index is 1.58. The zero-order chi connectivity index (χ0) is 19.7. The van der Waals surface area contributed by atoms with Crippen LogP contribution in [0, 0.1) is 0 Å². The van der Waals surface area contributed by atoms with E-state index >= 15 is 0 Å². The fourth-order valence-electron chi connectivity index (χ4n) is 2.75. The maximum atomic E-state index is 12.9. The Kier molecular flexibility index (Phi) is 5.26. The number of hydrogen-bond donors (Lipinski definition) is 0. The number of furan rings is 1. The maximum Gasteiger partial charge on any atom is 0.270 e. The van der Waals surface area contributed by atoms with Crippen LogP contribution in [0.1, 0.15) is 5.76 Å². The Morgan fingerprint density at radius 1 is 1.07 bits per heavy atom. The molecular formula is C21H14ClNO3S2. The van der Waals surface area contributed by atoms with Gasteiger partial charge < -0.3 is 9.15 Å². The molecule has 3 aromatic rings. The highest BCUT2D eigenvalue weighted by Crippen LogP contribution is 2.37. The SMILES string of the molecule is COc1ccc(N2C(=O)/C(=C\c3ccc(-c4ccc(Cl)cc4)o3)SC2=S)cc1. The second kappa shape index (κ2) is 7.83. The van der Waals surface area contributed by atoms with Gasteiger partial charge in [0.25, 0.3) is 5.91 Å². The van der Waals surface area contributed by atoms with Crippen LogP contribution in [0.2, 0.25) is 5.02 Å². The number of ether oxygens (including phenoxy) is 1. The molecule has 1 saturated heterocycles. The smallest absolute Gasteiger partial charge is 0.270 e. The van der Waals surface area contributed by atoms with Crippen molar-refractivity contribution in [2.24, 2.45) is 0 Å². The molecule has 28 heavy (non-hydrogen) atoms. The van der Waals surface area contributed by atoms with Crippen molar-refractivity contribution in [3.8, 4) is 17.1 Å². The molecule has 0 radical (unpaired) electrons. The molecule has 0 N–H and O–H groups in total. The molecule has 0 atom stereocenters. The largest absolute Gasteiger partial charge is 0.497 e. The summed E-state index contributed by atoms with van der Waals surface area (Å²) in [5.74, 6) is 1.83. The predicted molar refractivity (Wildman–Crippen MR) is 118 cm³/mol. The lowest BCUT2D eigenvalue weighted by molar-refractivity contribution is -0.113. The highest BCUT2D eigenvalue weighted by molar-refractivity contribution is 8.27. The summed E-state index contributed by atoms with van der Waals surface area (Å²) in [5, 5.41) is 0.665. The first-order chi connectivity index (χ1) is 13.5. The standard InChI is InChI=1S/C21H14ClNO3S2/c1-25-16-8-6-15(7-9-16)23-20(24)19(28-21(23)27)12-17-10-11-18(26-17)13-2-4-14(22)5-3-13/h2-12H,1H3/b19-12+. The number of carbonyl (C=O) groups excluding carboxylic acids is 1. The predicted octanol–water partition coefficient (Wildman–Crippen LogP) is 6.01. The monoisotopic (exact) mass is 427 g/mol. The number of amides is 1. The van der Waals surface area contributed by atoms with Gasteiger partial charge in [-0.05, 0) is 60.7 Å². The van der Waals surface area contributed by atoms with Crippen molar-refractivity contribution in [1.29, 1.82) is 0 Å². The molecule has 0 aliphatic carbocycles. The number of thioether (sulfide) groups is 1. The third-order valence-corrected chi connectivity index (χ3v) is 5.71. The molecule has 1 aliphatic rings. The van der Waals surface area contributed by atoms with Gasteiger partial charge in [-0.25, -0.2) is 0 Å². The average molecular weight is 428 g/mol. The molecule has 7 heteroatoms. The molecule has 2 heterocycles. The molecule has 4 nitrogen and oxygen atoms in total. The van der Waals surface area contributed by atoms with E-state index in [1.165, 1.54) is 16.7 Å². The summed E-state index contributed by atoms with van der Waals surface area (Å²) in [6, 6.07) is 18.3. The van der Waals surface area contributed by atoms with Gasteiger partial charge in [0.15, 0.2) is 4.32 Å². The zero-order valence-electron chi connectivity index (χ0n) is 14.7.